The Morgan fingerprint density at radius 1 is 0.717 bits per heavy atom. The molecule has 0 fully saturated rings. The molecule has 4 rings (SSSR count). The molecule has 10 nitrogen and oxygen atoms in total. The van der Waals surface area contributed by atoms with Crippen LogP contribution in [0.3, 0.4) is 0 Å². The molecule has 0 aliphatic rings. The van der Waals surface area contributed by atoms with E-state index in [0.717, 1.165) is 29.6 Å². The van der Waals surface area contributed by atoms with Crippen molar-refractivity contribution < 1.29 is 38.3 Å². The van der Waals surface area contributed by atoms with E-state index in [9.17, 15) is 28.6 Å². The molecule has 0 spiro atoms. The zero-order valence-corrected chi connectivity index (χ0v) is 35.1. The van der Waals surface area contributed by atoms with Crippen molar-refractivity contribution in [2.24, 2.45) is 0 Å². The quantitative estimate of drug-likeness (QED) is 0.0394. The summed E-state index contributed by atoms with van der Waals surface area (Å²) in [5.74, 6) is -2.40. The molecule has 0 aliphatic carbocycles. The fourth-order valence-corrected chi connectivity index (χ4v) is 6.09. The average Bonchev–Trinajstić information content (AvgIpc) is 3.10. The molecule has 0 saturated carbocycles. The van der Waals surface area contributed by atoms with Crippen LogP contribution in [0.1, 0.15) is 65.0 Å². The van der Waals surface area contributed by atoms with Gasteiger partial charge in [0.1, 0.15) is 11.6 Å². The summed E-state index contributed by atoms with van der Waals surface area (Å²) >= 11 is 16.1. The second-order valence-corrected chi connectivity index (χ2v) is 15.1. The van der Waals surface area contributed by atoms with Crippen molar-refractivity contribution in [3.05, 3.63) is 112 Å². The molecule has 6 N–H and O–H groups in total. The van der Waals surface area contributed by atoms with Gasteiger partial charge in [-0.05, 0) is 157 Å². The van der Waals surface area contributed by atoms with E-state index in [2.05, 4.69) is 66.8 Å². The van der Waals surface area contributed by atoms with E-state index < -0.39 is 35.7 Å². The zero-order valence-electron chi connectivity index (χ0n) is 29.3. The highest BCUT2D eigenvalue weighted by molar-refractivity contribution is 14.1. The van der Waals surface area contributed by atoms with Crippen molar-refractivity contribution in [3.8, 4) is 0 Å². The summed E-state index contributed by atoms with van der Waals surface area (Å²) in [5.41, 5.74) is 8.82. The maximum absolute atomic E-state index is 14.0. The second-order valence-electron chi connectivity index (χ2n) is 11.8. The van der Waals surface area contributed by atoms with Gasteiger partial charge in [0.25, 0.3) is 11.8 Å². The van der Waals surface area contributed by atoms with E-state index in [1.165, 1.54) is 24.3 Å². The Morgan fingerprint density at radius 3 is 1.51 bits per heavy atom. The lowest BCUT2D eigenvalue weighted by molar-refractivity contribution is 0.0161. The molecule has 0 bridgehead atoms. The molecule has 0 saturated heterocycles. The van der Waals surface area contributed by atoms with Crippen LogP contribution in [-0.4, -0.2) is 47.4 Å². The first-order valence-corrected chi connectivity index (χ1v) is 19.3. The minimum absolute atomic E-state index is 0.145. The van der Waals surface area contributed by atoms with Crippen molar-refractivity contribution in [1.29, 1.82) is 0 Å². The maximum atomic E-state index is 14.0. The van der Waals surface area contributed by atoms with Crippen molar-refractivity contribution in [2.45, 2.75) is 59.2 Å². The van der Waals surface area contributed by atoms with E-state index in [1.807, 2.05) is 57.2 Å². The maximum Gasteiger partial charge on any atom is 0.277 e. The number of benzene rings is 4. The number of aryl methyl sites for hydroxylation is 2. The van der Waals surface area contributed by atoms with Crippen LogP contribution in [0.25, 0.3) is 0 Å². The number of aliphatic hydroxyl groups is 2. The smallest absolute Gasteiger partial charge is 0.277 e. The minimum atomic E-state index is -0.635. The Labute approximate surface area is 344 Å². The van der Waals surface area contributed by atoms with E-state index in [-0.39, 0.29) is 45.8 Å². The number of carbonyl (C=O) groups excluding carboxylic acids is 2. The van der Waals surface area contributed by atoms with Gasteiger partial charge < -0.3 is 20.8 Å². The highest BCUT2D eigenvalue weighted by Crippen LogP contribution is 2.30. The third kappa shape index (κ3) is 14.4. The standard InChI is InChI=1S/C19H21ClFIN2O3.C18H19ClFIN2O3/c1-3-13(25)6-7-27-24-19(26)14-9-15(20)16(21)10-18(14)23-17-5-4-12(22)8-11(17)2;1-10-7-12(21)3-4-16(10)22-17-9-15(20)14(19)8-13(17)18(25)23-26-6-5-11(2)24/h4-5,8-10,13,23,25H,3,6-7H2,1-2H3,(H,24,26);3-4,7-9,11,22,24H,5-6H2,1-2H3,(H,23,25). The van der Waals surface area contributed by atoms with Gasteiger partial charge in [-0.2, -0.15) is 0 Å². The number of rotatable bonds is 15. The Hall–Kier alpha value is -2.84. The molecule has 4 aromatic rings. The monoisotopic (exact) mass is 998 g/mol. The molecule has 286 valence electrons. The van der Waals surface area contributed by atoms with Gasteiger partial charge in [0.05, 0.1) is 58.0 Å². The third-order valence-corrected chi connectivity index (χ3v) is 9.44. The highest BCUT2D eigenvalue weighted by atomic mass is 127. The first kappa shape index (κ1) is 44.6. The van der Waals surface area contributed by atoms with Gasteiger partial charge >= 0.3 is 0 Å². The summed E-state index contributed by atoms with van der Waals surface area (Å²) in [7, 11) is 0. The molecule has 0 aliphatic heterocycles. The van der Waals surface area contributed by atoms with Gasteiger partial charge in [-0.3, -0.25) is 19.3 Å². The van der Waals surface area contributed by atoms with Crippen LogP contribution in [0.5, 0.6) is 0 Å². The second kappa shape index (κ2) is 21.9. The fraction of sp³-hybridized carbons (Fsp3) is 0.297. The van der Waals surface area contributed by atoms with E-state index >= 15 is 0 Å². The van der Waals surface area contributed by atoms with Gasteiger partial charge in [-0.15, -0.1) is 0 Å². The predicted octanol–water partition coefficient (Wildman–Crippen LogP) is 9.53. The molecule has 4 aromatic carbocycles. The number of halogens is 6. The average molecular weight is 999 g/mol. The Morgan fingerprint density at radius 2 is 1.13 bits per heavy atom. The number of hydroxylamine groups is 2. The Bertz CT molecular complexity index is 1890. The zero-order chi connectivity index (χ0) is 39.2. The Balaban J connectivity index is 0.000000286. The third-order valence-electron chi connectivity index (χ3n) is 7.52. The number of aliphatic hydroxyl groups excluding tert-OH is 2. The van der Waals surface area contributed by atoms with Crippen LogP contribution in [0.15, 0.2) is 60.7 Å². The van der Waals surface area contributed by atoms with E-state index in [4.69, 9.17) is 32.9 Å². The number of anilines is 4. The minimum Gasteiger partial charge on any atom is -0.393 e. The van der Waals surface area contributed by atoms with Gasteiger partial charge in [0.2, 0.25) is 0 Å². The van der Waals surface area contributed by atoms with Crippen LogP contribution in [0.2, 0.25) is 10.0 Å². The van der Waals surface area contributed by atoms with Crippen LogP contribution in [-0.2, 0) is 9.68 Å². The molecule has 16 heteroatoms. The number of carbonyl (C=O) groups is 2. The summed E-state index contributed by atoms with van der Waals surface area (Å²) in [5, 5.41) is 24.5. The molecule has 0 heterocycles. The molecule has 2 amide bonds. The topological polar surface area (TPSA) is 141 Å². The van der Waals surface area contributed by atoms with Crippen LogP contribution in [0, 0.1) is 32.6 Å². The molecular weight excluding hydrogens is 959 g/mol. The number of hydrogen-bond donors (Lipinski definition) is 6. The van der Waals surface area contributed by atoms with E-state index in [0.29, 0.717) is 19.3 Å². The summed E-state index contributed by atoms with van der Waals surface area (Å²) < 4.78 is 30.0. The van der Waals surface area contributed by atoms with Gasteiger partial charge in [-0.25, -0.2) is 19.7 Å². The van der Waals surface area contributed by atoms with Crippen molar-refractivity contribution in [2.75, 3.05) is 23.8 Å². The van der Waals surface area contributed by atoms with Crippen molar-refractivity contribution in [3.63, 3.8) is 0 Å². The summed E-state index contributed by atoms with van der Waals surface area (Å²) in [6.45, 7) is 7.62. The largest absolute Gasteiger partial charge is 0.393 e. The summed E-state index contributed by atoms with van der Waals surface area (Å²) in [4.78, 5) is 35.0. The summed E-state index contributed by atoms with van der Waals surface area (Å²) in [6.07, 6.45) is 0.357. The van der Waals surface area contributed by atoms with Crippen LogP contribution >= 0.6 is 68.4 Å². The first-order valence-electron chi connectivity index (χ1n) is 16.3. The number of hydrogen-bond acceptors (Lipinski definition) is 8. The number of amides is 2. The van der Waals surface area contributed by atoms with Crippen molar-refractivity contribution >= 4 is 103 Å². The summed E-state index contributed by atoms with van der Waals surface area (Å²) in [6, 6.07) is 16.3. The van der Waals surface area contributed by atoms with Crippen LogP contribution < -0.4 is 21.6 Å². The van der Waals surface area contributed by atoms with Crippen molar-refractivity contribution in [1.82, 2.24) is 11.0 Å². The van der Waals surface area contributed by atoms with E-state index in [1.54, 1.807) is 6.92 Å². The van der Waals surface area contributed by atoms with Gasteiger partial charge in [0.15, 0.2) is 0 Å². The lowest BCUT2D eigenvalue weighted by atomic mass is 10.1. The SMILES string of the molecule is CCC(O)CCONC(=O)c1cc(Cl)c(F)cc1Nc1ccc(I)cc1C.Cc1cc(I)ccc1Nc1cc(F)c(Cl)cc1C(=O)NOCCC(C)O. The normalized spacial score (nSPS) is 11.9. The first-order chi connectivity index (χ1) is 25.1. The lowest BCUT2D eigenvalue weighted by Gasteiger charge is -2.15. The molecular formula is C37H40Cl2F2I2N4O6. The molecule has 2 unspecified atom stereocenters. The molecule has 0 aromatic heterocycles. The fourth-order valence-electron chi connectivity index (χ4n) is 4.47. The van der Waals surface area contributed by atoms with Crippen LogP contribution in [0.4, 0.5) is 31.5 Å². The predicted molar refractivity (Wildman–Crippen MR) is 221 cm³/mol. The molecule has 0 radical (unpaired) electrons. The molecule has 2 atom stereocenters. The lowest BCUT2D eigenvalue weighted by Crippen LogP contribution is -2.26. The Kier molecular flexibility index (Phi) is 18.4. The highest BCUT2D eigenvalue weighted by Gasteiger charge is 2.18. The van der Waals surface area contributed by atoms with Gasteiger partial charge in [-0.1, -0.05) is 30.1 Å². The number of nitrogens with one attached hydrogen (secondary N) is 4. The van der Waals surface area contributed by atoms with Gasteiger partial charge in [0, 0.05) is 18.5 Å². The molecule has 53 heavy (non-hydrogen) atoms.